The molecule has 0 aliphatic heterocycles. The summed E-state index contributed by atoms with van der Waals surface area (Å²) in [5.74, 6) is 0.892. The third-order valence-electron chi connectivity index (χ3n) is 2.43. The molecule has 0 unspecified atom stereocenters. The quantitative estimate of drug-likeness (QED) is 0.871. The molecule has 0 saturated carbocycles. The van der Waals surface area contributed by atoms with Gasteiger partial charge in [-0.2, -0.15) is 0 Å². The zero-order valence-corrected chi connectivity index (χ0v) is 9.81. The molecule has 0 aliphatic carbocycles. The minimum Gasteiger partial charge on any atom is -0.495 e. The molecule has 14 heavy (non-hydrogen) atoms. The van der Waals surface area contributed by atoms with E-state index < -0.39 is 0 Å². The molecule has 1 heterocycles. The fourth-order valence-electron chi connectivity index (χ4n) is 1.70. The molecule has 2 nitrogen and oxygen atoms in total. The summed E-state index contributed by atoms with van der Waals surface area (Å²) in [5.41, 5.74) is 2.38. The maximum Gasteiger partial charge on any atom is 0.142 e. The number of nitrogens with one attached hydrogen (secondary N) is 1. The second-order valence-electron chi connectivity index (χ2n) is 3.17. The molecule has 0 atom stereocenters. The normalized spacial score (nSPS) is 10.8. The summed E-state index contributed by atoms with van der Waals surface area (Å²) in [6, 6.07) is 3.98. The molecule has 0 amide bonds. The summed E-state index contributed by atoms with van der Waals surface area (Å²) < 4.78 is 6.41. The Kier molecular flexibility index (Phi) is 2.50. The Bertz CT molecular complexity index is 462. The van der Waals surface area contributed by atoms with Crippen LogP contribution in [0.15, 0.2) is 22.8 Å². The Balaban J connectivity index is 2.80. The van der Waals surface area contributed by atoms with Gasteiger partial charge >= 0.3 is 0 Å². The third-order valence-corrected chi connectivity index (χ3v) is 3.09. The van der Waals surface area contributed by atoms with Gasteiger partial charge in [0.25, 0.3) is 0 Å². The van der Waals surface area contributed by atoms with Gasteiger partial charge in [0.2, 0.25) is 0 Å². The number of benzene rings is 1. The van der Waals surface area contributed by atoms with Gasteiger partial charge in [-0.05, 0) is 24.1 Å². The minimum absolute atomic E-state index is 0.892. The third kappa shape index (κ3) is 1.32. The van der Waals surface area contributed by atoms with Crippen LogP contribution in [0.4, 0.5) is 0 Å². The summed E-state index contributed by atoms with van der Waals surface area (Å²) >= 11 is 3.56. The van der Waals surface area contributed by atoms with Crippen molar-refractivity contribution in [2.24, 2.45) is 0 Å². The highest BCUT2D eigenvalue weighted by Gasteiger charge is 2.09. The number of aromatic nitrogens is 1. The summed E-state index contributed by atoms with van der Waals surface area (Å²) in [6.45, 7) is 2.15. The van der Waals surface area contributed by atoms with Crippen molar-refractivity contribution in [2.75, 3.05) is 7.11 Å². The maximum atomic E-state index is 5.29. The highest BCUT2D eigenvalue weighted by Crippen LogP contribution is 2.33. The van der Waals surface area contributed by atoms with Crippen molar-refractivity contribution in [3.05, 3.63) is 28.4 Å². The van der Waals surface area contributed by atoms with Gasteiger partial charge in [-0.15, -0.1) is 0 Å². The van der Waals surface area contributed by atoms with E-state index in [1.807, 2.05) is 18.3 Å². The number of hydrogen-bond acceptors (Lipinski definition) is 1. The minimum atomic E-state index is 0.892. The molecule has 0 aliphatic rings. The lowest BCUT2D eigenvalue weighted by Crippen LogP contribution is -1.85. The molecule has 2 rings (SSSR count). The van der Waals surface area contributed by atoms with Crippen molar-refractivity contribution in [3.8, 4) is 5.75 Å². The van der Waals surface area contributed by atoms with Crippen LogP contribution in [0.3, 0.4) is 0 Å². The largest absolute Gasteiger partial charge is 0.495 e. The van der Waals surface area contributed by atoms with E-state index in [1.54, 1.807) is 7.11 Å². The predicted molar refractivity (Wildman–Crippen MR) is 61.9 cm³/mol. The number of aromatic amines is 1. The van der Waals surface area contributed by atoms with Crippen LogP contribution in [-0.2, 0) is 6.42 Å². The molecule has 1 aromatic carbocycles. The van der Waals surface area contributed by atoms with Crippen molar-refractivity contribution in [1.82, 2.24) is 4.98 Å². The zero-order valence-electron chi connectivity index (χ0n) is 8.23. The lowest BCUT2D eigenvalue weighted by molar-refractivity contribution is 0.419. The Hall–Kier alpha value is -0.960. The first-order valence-electron chi connectivity index (χ1n) is 4.60. The Morgan fingerprint density at radius 1 is 1.43 bits per heavy atom. The van der Waals surface area contributed by atoms with Crippen molar-refractivity contribution in [1.29, 1.82) is 0 Å². The molecule has 74 valence electrons. The lowest BCUT2D eigenvalue weighted by atomic mass is 10.1. The van der Waals surface area contributed by atoms with Crippen LogP contribution in [0.25, 0.3) is 10.9 Å². The first-order valence-corrected chi connectivity index (χ1v) is 5.39. The summed E-state index contributed by atoms with van der Waals surface area (Å²) in [4.78, 5) is 3.24. The van der Waals surface area contributed by atoms with E-state index in [2.05, 4.69) is 27.8 Å². The number of H-pyrrole nitrogens is 1. The van der Waals surface area contributed by atoms with Gasteiger partial charge in [-0.1, -0.05) is 22.9 Å². The highest BCUT2D eigenvalue weighted by molar-refractivity contribution is 9.10. The molecule has 1 N–H and O–H groups in total. The summed E-state index contributed by atoms with van der Waals surface area (Å²) in [6.07, 6.45) is 3.06. The van der Waals surface area contributed by atoms with Gasteiger partial charge in [0.05, 0.1) is 12.6 Å². The molecule has 1 aromatic heterocycles. The van der Waals surface area contributed by atoms with E-state index >= 15 is 0 Å². The smallest absolute Gasteiger partial charge is 0.142 e. The van der Waals surface area contributed by atoms with Crippen molar-refractivity contribution < 1.29 is 4.74 Å². The van der Waals surface area contributed by atoms with Crippen LogP contribution in [-0.4, -0.2) is 12.1 Å². The molecule has 0 radical (unpaired) electrons. The zero-order chi connectivity index (χ0) is 10.1. The van der Waals surface area contributed by atoms with Crippen LogP contribution in [0.5, 0.6) is 5.75 Å². The second-order valence-corrected chi connectivity index (χ2v) is 4.02. The Morgan fingerprint density at radius 3 is 2.86 bits per heavy atom. The van der Waals surface area contributed by atoms with Gasteiger partial charge in [0, 0.05) is 16.1 Å². The molecular formula is C11H12BrNO. The van der Waals surface area contributed by atoms with Crippen LogP contribution >= 0.6 is 15.9 Å². The van der Waals surface area contributed by atoms with E-state index in [0.717, 1.165) is 22.2 Å². The van der Waals surface area contributed by atoms with E-state index in [-0.39, 0.29) is 0 Å². The first kappa shape index (κ1) is 9.59. The van der Waals surface area contributed by atoms with Crippen LogP contribution in [0.2, 0.25) is 0 Å². The number of methoxy groups -OCH3 is 1. The monoisotopic (exact) mass is 253 g/mol. The average molecular weight is 254 g/mol. The number of rotatable bonds is 2. The number of aryl methyl sites for hydroxylation is 1. The van der Waals surface area contributed by atoms with E-state index in [0.29, 0.717) is 0 Å². The highest BCUT2D eigenvalue weighted by atomic mass is 79.9. The summed E-state index contributed by atoms with van der Waals surface area (Å²) in [7, 11) is 1.69. The molecule has 0 spiro atoms. The van der Waals surface area contributed by atoms with Gasteiger partial charge in [0.1, 0.15) is 5.75 Å². The fraction of sp³-hybridized carbons (Fsp3) is 0.273. The molecule has 0 saturated heterocycles. The van der Waals surface area contributed by atoms with Crippen LogP contribution in [0, 0.1) is 0 Å². The van der Waals surface area contributed by atoms with Gasteiger partial charge < -0.3 is 9.72 Å². The number of halogens is 1. The first-order chi connectivity index (χ1) is 6.77. The second kappa shape index (κ2) is 3.65. The lowest BCUT2D eigenvalue weighted by Gasteiger charge is -2.03. The van der Waals surface area contributed by atoms with Crippen LogP contribution < -0.4 is 4.74 Å². The number of fused-ring (bicyclic) bond motifs is 1. The molecular weight excluding hydrogens is 242 g/mol. The Morgan fingerprint density at radius 2 is 2.21 bits per heavy atom. The SMILES string of the molecule is CCc1c[nH]c2c(OC)ccc(Br)c12. The summed E-state index contributed by atoms with van der Waals surface area (Å²) in [5, 5.41) is 1.23. The van der Waals surface area contributed by atoms with Crippen molar-refractivity contribution >= 4 is 26.8 Å². The van der Waals surface area contributed by atoms with E-state index in [1.165, 1.54) is 10.9 Å². The maximum absolute atomic E-state index is 5.29. The number of hydrogen-bond donors (Lipinski definition) is 1. The molecule has 0 bridgehead atoms. The average Bonchev–Trinajstić information content (AvgIpc) is 2.63. The van der Waals surface area contributed by atoms with Crippen molar-refractivity contribution in [3.63, 3.8) is 0 Å². The van der Waals surface area contributed by atoms with Crippen molar-refractivity contribution in [2.45, 2.75) is 13.3 Å². The van der Waals surface area contributed by atoms with E-state index in [9.17, 15) is 0 Å². The van der Waals surface area contributed by atoms with Gasteiger partial charge in [-0.25, -0.2) is 0 Å². The van der Waals surface area contributed by atoms with Gasteiger partial charge in [-0.3, -0.25) is 0 Å². The fourth-order valence-corrected chi connectivity index (χ4v) is 2.28. The topological polar surface area (TPSA) is 25.0 Å². The van der Waals surface area contributed by atoms with Crippen LogP contribution in [0.1, 0.15) is 12.5 Å². The molecule has 0 fully saturated rings. The molecule has 2 aromatic rings. The number of ether oxygens (including phenoxy) is 1. The van der Waals surface area contributed by atoms with E-state index in [4.69, 9.17) is 4.74 Å². The van der Waals surface area contributed by atoms with Gasteiger partial charge in [0.15, 0.2) is 0 Å². The standard InChI is InChI=1S/C11H12BrNO/c1-3-7-6-13-11-9(14-2)5-4-8(12)10(7)11/h4-6,13H,3H2,1-2H3. The Labute approximate surface area is 91.4 Å². The predicted octanol–water partition coefficient (Wildman–Crippen LogP) is 3.50. The molecule has 3 heteroatoms.